The van der Waals surface area contributed by atoms with Crippen LogP contribution in [0.25, 0.3) is 0 Å². The molecule has 0 aliphatic carbocycles. The number of ether oxygens (including phenoxy) is 2. The van der Waals surface area contributed by atoms with Crippen LogP contribution in [-0.2, 0) is 0 Å². The largest absolute Gasteiger partial charge is 0.496 e. The number of hydrogen-bond donors (Lipinski definition) is 1. The summed E-state index contributed by atoms with van der Waals surface area (Å²) in [5.41, 5.74) is 0.843. The minimum absolute atomic E-state index is 0.264. The molecule has 1 N–H and O–H groups in total. The van der Waals surface area contributed by atoms with Crippen LogP contribution >= 0.6 is 0 Å². The SMILES string of the molecule is COc1ccc(F)c(OC)c1C1CCNC1. The second kappa shape index (κ2) is 4.70. The van der Waals surface area contributed by atoms with Crippen LogP contribution in [0.1, 0.15) is 17.9 Å². The van der Waals surface area contributed by atoms with Crippen molar-refractivity contribution < 1.29 is 13.9 Å². The van der Waals surface area contributed by atoms with E-state index in [4.69, 9.17) is 9.47 Å². The second-order valence-electron chi connectivity index (χ2n) is 3.89. The van der Waals surface area contributed by atoms with Crippen LogP contribution in [0.5, 0.6) is 11.5 Å². The van der Waals surface area contributed by atoms with Gasteiger partial charge in [-0.2, -0.15) is 0 Å². The summed E-state index contributed by atoms with van der Waals surface area (Å²) in [6.07, 6.45) is 0.982. The number of rotatable bonds is 3. The maximum absolute atomic E-state index is 13.6. The first-order valence-electron chi connectivity index (χ1n) is 5.39. The Labute approximate surface area is 94.6 Å². The Bertz CT molecular complexity index is 376. The molecule has 16 heavy (non-hydrogen) atoms. The van der Waals surface area contributed by atoms with Crippen LogP contribution < -0.4 is 14.8 Å². The lowest BCUT2D eigenvalue weighted by atomic mass is 9.96. The summed E-state index contributed by atoms with van der Waals surface area (Å²) >= 11 is 0. The van der Waals surface area contributed by atoms with Crippen LogP contribution in [-0.4, -0.2) is 27.3 Å². The highest BCUT2D eigenvalue weighted by Gasteiger charge is 2.26. The van der Waals surface area contributed by atoms with E-state index < -0.39 is 0 Å². The van der Waals surface area contributed by atoms with E-state index in [1.165, 1.54) is 13.2 Å². The van der Waals surface area contributed by atoms with Crippen LogP contribution in [0.15, 0.2) is 12.1 Å². The van der Waals surface area contributed by atoms with Gasteiger partial charge in [-0.05, 0) is 25.1 Å². The quantitative estimate of drug-likeness (QED) is 0.852. The normalized spacial score (nSPS) is 19.8. The van der Waals surface area contributed by atoms with E-state index in [1.54, 1.807) is 13.2 Å². The Morgan fingerprint density at radius 1 is 1.31 bits per heavy atom. The van der Waals surface area contributed by atoms with Crippen LogP contribution in [0.2, 0.25) is 0 Å². The number of nitrogens with one attached hydrogen (secondary N) is 1. The molecule has 1 fully saturated rings. The first-order valence-corrected chi connectivity index (χ1v) is 5.39. The van der Waals surface area contributed by atoms with Crippen molar-refractivity contribution in [2.24, 2.45) is 0 Å². The van der Waals surface area contributed by atoms with Crippen LogP contribution in [0.4, 0.5) is 4.39 Å². The highest BCUT2D eigenvalue weighted by atomic mass is 19.1. The van der Waals surface area contributed by atoms with Gasteiger partial charge in [-0.1, -0.05) is 0 Å². The van der Waals surface area contributed by atoms with Gasteiger partial charge in [-0.25, -0.2) is 4.39 Å². The molecule has 0 spiro atoms. The zero-order valence-electron chi connectivity index (χ0n) is 9.55. The van der Waals surface area contributed by atoms with Gasteiger partial charge in [0.05, 0.1) is 14.2 Å². The van der Waals surface area contributed by atoms with E-state index in [1.807, 2.05) is 0 Å². The van der Waals surface area contributed by atoms with E-state index in [0.717, 1.165) is 25.1 Å². The molecule has 3 nitrogen and oxygen atoms in total. The first-order chi connectivity index (χ1) is 7.77. The minimum atomic E-state index is -0.329. The lowest BCUT2D eigenvalue weighted by Crippen LogP contribution is -2.10. The number of hydrogen-bond acceptors (Lipinski definition) is 3. The molecule has 1 saturated heterocycles. The van der Waals surface area contributed by atoms with Crippen molar-refractivity contribution in [1.82, 2.24) is 5.32 Å². The highest BCUT2D eigenvalue weighted by molar-refractivity contribution is 5.48. The summed E-state index contributed by atoms with van der Waals surface area (Å²) in [7, 11) is 3.09. The Morgan fingerprint density at radius 3 is 2.69 bits per heavy atom. The fourth-order valence-electron chi connectivity index (χ4n) is 2.23. The third-order valence-corrected chi connectivity index (χ3v) is 3.00. The Balaban J connectivity index is 2.48. The van der Waals surface area contributed by atoms with Crippen molar-refractivity contribution in [2.75, 3.05) is 27.3 Å². The van der Waals surface area contributed by atoms with Crippen molar-refractivity contribution in [3.8, 4) is 11.5 Å². The molecular formula is C12H16FNO2. The summed E-state index contributed by atoms with van der Waals surface area (Å²) in [5.74, 6) is 0.950. The molecule has 88 valence electrons. The molecule has 0 amide bonds. The first kappa shape index (κ1) is 11.2. The lowest BCUT2D eigenvalue weighted by molar-refractivity contribution is 0.361. The van der Waals surface area contributed by atoms with Crippen molar-refractivity contribution in [1.29, 1.82) is 0 Å². The number of methoxy groups -OCH3 is 2. The standard InChI is InChI=1S/C12H16FNO2/c1-15-10-4-3-9(13)12(16-2)11(10)8-5-6-14-7-8/h3-4,8,14H,5-7H2,1-2H3. The fraction of sp³-hybridized carbons (Fsp3) is 0.500. The maximum Gasteiger partial charge on any atom is 0.165 e. The van der Waals surface area contributed by atoms with E-state index in [0.29, 0.717) is 11.5 Å². The number of halogens is 1. The monoisotopic (exact) mass is 225 g/mol. The molecule has 1 aliphatic rings. The van der Waals surface area contributed by atoms with E-state index in [2.05, 4.69) is 5.32 Å². The molecule has 1 atom stereocenters. The van der Waals surface area contributed by atoms with E-state index in [9.17, 15) is 4.39 Å². The molecule has 1 heterocycles. The van der Waals surface area contributed by atoms with Crippen molar-refractivity contribution in [3.63, 3.8) is 0 Å². The molecule has 1 aromatic rings. The average Bonchev–Trinajstić information content (AvgIpc) is 2.81. The van der Waals surface area contributed by atoms with Gasteiger partial charge in [0, 0.05) is 18.0 Å². The third kappa shape index (κ3) is 1.85. The van der Waals surface area contributed by atoms with Crippen molar-refractivity contribution >= 4 is 0 Å². The summed E-state index contributed by atoms with van der Waals surface area (Å²) in [4.78, 5) is 0. The molecule has 2 rings (SSSR count). The lowest BCUT2D eigenvalue weighted by Gasteiger charge is -2.18. The van der Waals surface area contributed by atoms with Gasteiger partial charge >= 0.3 is 0 Å². The van der Waals surface area contributed by atoms with E-state index in [-0.39, 0.29) is 11.7 Å². The van der Waals surface area contributed by atoms with Gasteiger partial charge in [0.1, 0.15) is 5.75 Å². The van der Waals surface area contributed by atoms with Crippen LogP contribution in [0.3, 0.4) is 0 Å². The molecule has 1 aromatic carbocycles. The highest BCUT2D eigenvalue weighted by Crippen LogP contribution is 2.39. The van der Waals surface area contributed by atoms with Crippen molar-refractivity contribution in [2.45, 2.75) is 12.3 Å². The molecule has 0 bridgehead atoms. The molecule has 1 unspecified atom stereocenters. The summed E-state index contributed by atoms with van der Waals surface area (Å²) in [6.45, 7) is 1.80. The Morgan fingerprint density at radius 2 is 2.12 bits per heavy atom. The summed E-state index contributed by atoms with van der Waals surface area (Å²) < 4.78 is 24.0. The van der Waals surface area contributed by atoms with Gasteiger partial charge in [0.25, 0.3) is 0 Å². The topological polar surface area (TPSA) is 30.5 Å². The number of benzene rings is 1. The molecule has 0 saturated carbocycles. The van der Waals surface area contributed by atoms with Crippen molar-refractivity contribution in [3.05, 3.63) is 23.5 Å². The summed E-state index contributed by atoms with van der Waals surface area (Å²) in [5, 5.41) is 3.26. The molecule has 1 aliphatic heterocycles. The third-order valence-electron chi connectivity index (χ3n) is 3.00. The van der Waals surface area contributed by atoms with Gasteiger partial charge in [0.15, 0.2) is 11.6 Å². The molecular weight excluding hydrogens is 209 g/mol. The van der Waals surface area contributed by atoms with Gasteiger partial charge < -0.3 is 14.8 Å². The van der Waals surface area contributed by atoms with Crippen LogP contribution in [0, 0.1) is 5.82 Å². The Kier molecular flexibility index (Phi) is 3.29. The zero-order valence-corrected chi connectivity index (χ0v) is 9.55. The smallest absolute Gasteiger partial charge is 0.165 e. The van der Waals surface area contributed by atoms with Gasteiger partial charge in [-0.3, -0.25) is 0 Å². The predicted octanol–water partition coefficient (Wildman–Crippen LogP) is 1.92. The predicted molar refractivity (Wildman–Crippen MR) is 59.7 cm³/mol. The molecule has 0 aromatic heterocycles. The maximum atomic E-state index is 13.6. The zero-order chi connectivity index (χ0) is 11.5. The Hall–Kier alpha value is -1.29. The summed E-state index contributed by atoms with van der Waals surface area (Å²) in [6, 6.07) is 3.04. The fourth-order valence-corrected chi connectivity index (χ4v) is 2.23. The second-order valence-corrected chi connectivity index (χ2v) is 3.89. The minimum Gasteiger partial charge on any atom is -0.496 e. The average molecular weight is 225 g/mol. The molecule has 4 heteroatoms. The molecule has 0 radical (unpaired) electrons. The van der Waals surface area contributed by atoms with E-state index >= 15 is 0 Å². The van der Waals surface area contributed by atoms with Gasteiger partial charge in [-0.15, -0.1) is 0 Å². The van der Waals surface area contributed by atoms with Gasteiger partial charge in [0.2, 0.25) is 0 Å².